The number of hydrogen-bond donors (Lipinski definition) is 1. The molecule has 0 fully saturated rings. The third-order valence-corrected chi connectivity index (χ3v) is 6.81. The van der Waals surface area contributed by atoms with Crippen LogP contribution in [0.15, 0.2) is 59.1 Å². The van der Waals surface area contributed by atoms with Gasteiger partial charge in [0.05, 0.1) is 21.7 Å². The third-order valence-electron chi connectivity index (χ3n) is 5.15. The van der Waals surface area contributed by atoms with Crippen LogP contribution in [0.5, 0.6) is 11.7 Å². The van der Waals surface area contributed by atoms with Gasteiger partial charge in [-0.15, -0.1) is 24.5 Å². The average molecular weight is 567 g/mol. The Balaban J connectivity index is 1.52. The van der Waals surface area contributed by atoms with Crippen molar-refractivity contribution in [2.45, 2.75) is 6.36 Å². The molecule has 8 nitrogen and oxygen atoms in total. The maximum Gasteiger partial charge on any atom is 0.573 e. The number of pyridine rings is 1. The van der Waals surface area contributed by atoms with Gasteiger partial charge in [-0.3, -0.25) is 4.79 Å². The number of ketones is 1. The van der Waals surface area contributed by atoms with Gasteiger partial charge < -0.3 is 20.1 Å². The van der Waals surface area contributed by atoms with Crippen LogP contribution in [0, 0.1) is 0 Å². The van der Waals surface area contributed by atoms with E-state index in [0.717, 1.165) is 28.2 Å². The average Bonchev–Trinajstić information content (AvgIpc) is 3.38. The summed E-state index contributed by atoms with van der Waals surface area (Å²) in [6, 6.07) is 12.7. The number of thiophene rings is 1. The SMILES string of the molecule is Nc1c(C(=O)c2c([O-])on[n+]2-c2ccc(OC(F)(F)F)cc2)sc2nc(-c3ccc(Cl)cc3Cl)ccc12. The van der Waals surface area contributed by atoms with Crippen molar-refractivity contribution >= 4 is 56.2 Å². The van der Waals surface area contributed by atoms with Crippen LogP contribution in [-0.2, 0) is 0 Å². The van der Waals surface area contributed by atoms with E-state index >= 15 is 0 Å². The number of halogens is 5. The quantitative estimate of drug-likeness (QED) is 0.226. The summed E-state index contributed by atoms with van der Waals surface area (Å²) in [5, 5.41) is 17.3. The molecular weight excluding hydrogens is 556 g/mol. The highest BCUT2D eigenvalue weighted by Gasteiger charge is 2.33. The molecule has 0 aliphatic heterocycles. The van der Waals surface area contributed by atoms with Gasteiger partial charge >= 0.3 is 12.1 Å². The Morgan fingerprint density at radius 1 is 1.11 bits per heavy atom. The second-order valence-electron chi connectivity index (χ2n) is 7.51. The molecule has 0 amide bonds. The van der Waals surface area contributed by atoms with E-state index in [1.165, 1.54) is 12.1 Å². The molecule has 0 aliphatic rings. The van der Waals surface area contributed by atoms with E-state index in [1.807, 2.05) is 0 Å². The first-order valence-electron chi connectivity index (χ1n) is 10.2. The molecule has 0 spiro atoms. The minimum absolute atomic E-state index is 0.00734. The van der Waals surface area contributed by atoms with Gasteiger partial charge in [-0.25, -0.2) is 4.98 Å². The molecule has 5 aromatic rings. The van der Waals surface area contributed by atoms with Gasteiger partial charge in [0.1, 0.15) is 15.5 Å². The lowest BCUT2D eigenvalue weighted by Gasteiger charge is -2.07. The highest BCUT2D eigenvalue weighted by Crippen LogP contribution is 2.37. The minimum Gasteiger partial charge on any atom is -0.539 e. The van der Waals surface area contributed by atoms with E-state index in [1.54, 1.807) is 30.3 Å². The molecule has 3 aromatic heterocycles. The van der Waals surface area contributed by atoms with Crippen LogP contribution in [0.3, 0.4) is 0 Å². The zero-order chi connectivity index (χ0) is 26.5. The number of hydrogen-bond acceptors (Lipinski definition) is 8. The molecule has 2 N–H and O–H groups in total. The van der Waals surface area contributed by atoms with Crippen LogP contribution >= 0.6 is 34.5 Å². The summed E-state index contributed by atoms with van der Waals surface area (Å²) in [7, 11) is 0. The van der Waals surface area contributed by atoms with Gasteiger partial charge in [0.15, 0.2) is 5.95 Å². The van der Waals surface area contributed by atoms with E-state index in [2.05, 4.69) is 19.5 Å². The van der Waals surface area contributed by atoms with Gasteiger partial charge in [-0.05, 0) is 47.1 Å². The number of alkyl halides is 3. The Bertz CT molecular complexity index is 1670. The monoisotopic (exact) mass is 566 g/mol. The van der Waals surface area contributed by atoms with Crippen molar-refractivity contribution < 1.29 is 37.0 Å². The molecule has 0 unspecified atom stereocenters. The number of nitrogens with two attached hydrogens (primary N) is 1. The fraction of sp³-hybridized carbons (Fsp3) is 0.0435. The first-order chi connectivity index (χ1) is 17.5. The minimum atomic E-state index is -4.88. The predicted molar refractivity (Wildman–Crippen MR) is 127 cm³/mol. The second-order valence-corrected chi connectivity index (χ2v) is 9.35. The van der Waals surface area contributed by atoms with Crippen molar-refractivity contribution in [1.82, 2.24) is 10.3 Å². The van der Waals surface area contributed by atoms with Crippen LogP contribution in [0.25, 0.3) is 27.2 Å². The summed E-state index contributed by atoms with van der Waals surface area (Å²) in [6.07, 6.45) is -4.88. The molecule has 37 heavy (non-hydrogen) atoms. The Hall–Kier alpha value is -3.87. The number of carbonyl (C=O) groups excluding carboxylic acids is 1. The number of anilines is 1. The number of fused-ring (bicyclic) bond motifs is 1. The van der Waals surface area contributed by atoms with E-state index in [4.69, 9.17) is 28.9 Å². The van der Waals surface area contributed by atoms with E-state index < -0.39 is 29.5 Å². The molecule has 188 valence electrons. The van der Waals surface area contributed by atoms with Gasteiger partial charge in [0.2, 0.25) is 5.69 Å². The number of carbonyl (C=O) groups is 1. The van der Waals surface area contributed by atoms with Crippen LogP contribution in [0.1, 0.15) is 15.4 Å². The summed E-state index contributed by atoms with van der Waals surface area (Å²) in [5.41, 5.74) is 7.03. The Labute approximate surface area is 219 Å². The highest BCUT2D eigenvalue weighted by atomic mass is 35.5. The summed E-state index contributed by atoms with van der Waals surface area (Å²) < 4.78 is 46.7. The van der Waals surface area contributed by atoms with Crippen LogP contribution in [-0.4, -0.2) is 22.4 Å². The molecular formula is C23H11Cl2F3N4O4S. The molecule has 14 heteroatoms. The van der Waals surface area contributed by atoms with E-state index in [0.29, 0.717) is 31.5 Å². The van der Waals surface area contributed by atoms with Gasteiger partial charge in [-0.1, -0.05) is 23.2 Å². The molecule has 0 aliphatic carbocycles. The zero-order valence-electron chi connectivity index (χ0n) is 18.0. The van der Waals surface area contributed by atoms with Crippen molar-refractivity contribution in [3.63, 3.8) is 0 Å². The Kier molecular flexibility index (Phi) is 6.18. The maximum atomic E-state index is 13.4. The van der Waals surface area contributed by atoms with Gasteiger partial charge in [0.25, 0.3) is 5.78 Å². The molecule has 0 atom stereocenters. The molecule has 0 bridgehead atoms. The molecule has 3 heterocycles. The first-order valence-corrected chi connectivity index (χ1v) is 11.7. The summed E-state index contributed by atoms with van der Waals surface area (Å²) in [6.45, 7) is 0. The predicted octanol–water partition coefficient (Wildman–Crippen LogP) is 5.32. The van der Waals surface area contributed by atoms with Crippen molar-refractivity contribution in [2.75, 3.05) is 5.73 Å². The zero-order valence-corrected chi connectivity index (χ0v) is 20.4. The summed E-state index contributed by atoms with van der Waals surface area (Å²) >= 11 is 13.2. The van der Waals surface area contributed by atoms with Gasteiger partial charge in [-0.2, -0.15) is 0 Å². The van der Waals surface area contributed by atoms with Crippen LogP contribution in [0.2, 0.25) is 10.0 Å². The second kappa shape index (κ2) is 9.21. The van der Waals surface area contributed by atoms with Crippen molar-refractivity contribution in [3.05, 3.63) is 75.2 Å². The molecule has 2 aromatic carbocycles. The van der Waals surface area contributed by atoms with Gasteiger partial charge in [0, 0.05) is 28.1 Å². The van der Waals surface area contributed by atoms with Crippen molar-refractivity contribution in [1.29, 1.82) is 0 Å². The van der Waals surface area contributed by atoms with Crippen molar-refractivity contribution in [3.8, 4) is 28.6 Å². The molecule has 0 saturated heterocycles. The number of rotatable bonds is 5. The van der Waals surface area contributed by atoms with E-state index in [-0.39, 0.29) is 16.3 Å². The molecule has 0 radical (unpaired) electrons. The third kappa shape index (κ3) is 4.78. The fourth-order valence-corrected chi connectivity index (χ4v) is 5.06. The van der Waals surface area contributed by atoms with Crippen LogP contribution in [0.4, 0.5) is 18.9 Å². The smallest absolute Gasteiger partial charge is 0.539 e. The fourth-order valence-electron chi connectivity index (χ4n) is 3.52. The maximum absolute atomic E-state index is 13.4. The van der Waals surface area contributed by atoms with Crippen molar-refractivity contribution in [2.24, 2.45) is 0 Å². The highest BCUT2D eigenvalue weighted by molar-refractivity contribution is 7.21. The number of nitrogen functional groups attached to an aromatic ring is 1. The molecule has 5 rings (SSSR count). The molecule has 0 saturated carbocycles. The lowest BCUT2D eigenvalue weighted by atomic mass is 10.1. The lowest BCUT2D eigenvalue weighted by Crippen LogP contribution is -2.39. The number of ether oxygens (including phenoxy) is 1. The number of aromatic nitrogens is 3. The largest absolute Gasteiger partial charge is 0.573 e. The first kappa shape index (κ1) is 24.8. The standard InChI is InChI=1S/C23H11Cl2F3N4O4S/c24-10-1-6-13(15(25)9-10)16-8-7-14-17(29)20(37-21(14)30-16)19(33)18-22(34)36-31-32(18)11-2-4-12(5-3-11)35-23(26,27)28/h1-9H,(H2-,29,31,33,34). The Morgan fingerprint density at radius 2 is 1.84 bits per heavy atom. The van der Waals surface area contributed by atoms with Crippen LogP contribution < -0.4 is 20.3 Å². The number of nitrogens with zero attached hydrogens (tertiary/aromatic N) is 3. The lowest BCUT2D eigenvalue weighted by molar-refractivity contribution is -0.672. The summed E-state index contributed by atoms with van der Waals surface area (Å²) in [4.78, 5) is 18.4. The number of benzene rings is 2. The topological polar surface area (TPSA) is 118 Å². The normalized spacial score (nSPS) is 11.7. The van der Waals surface area contributed by atoms with E-state index in [9.17, 15) is 23.1 Å². The Morgan fingerprint density at radius 3 is 2.51 bits per heavy atom. The summed E-state index contributed by atoms with van der Waals surface area (Å²) in [5.74, 6) is -2.35.